The minimum absolute atomic E-state index is 0.112. The maximum atomic E-state index is 13.6. The third-order valence-corrected chi connectivity index (χ3v) is 2.66. The molecule has 0 saturated heterocycles. The summed E-state index contributed by atoms with van der Waals surface area (Å²) < 4.78 is 13.6. The first kappa shape index (κ1) is 11.6. The average Bonchev–Trinajstić information content (AvgIpc) is 2.33. The second-order valence-corrected chi connectivity index (χ2v) is 3.85. The molecule has 0 amide bonds. The van der Waals surface area contributed by atoms with Crippen molar-refractivity contribution in [3.05, 3.63) is 52.9 Å². The molecule has 1 aromatic carbocycles. The van der Waals surface area contributed by atoms with Crippen molar-refractivity contribution in [1.29, 1.82) is 5.26 Å². The Morgan fingerprint density at radius 2 is 2.00 bits per heavy atom. The SMILES string of the molecule is N#CCc1nc(-c2ccccc2F)ccc1Cl. The number of aromatic nitrogens is 1. The van der Waals surface area contributed by atoms with Crippen molar-refractivity contribution in [3.8, 4) is 17.3 Å². The van der Waals surface area contributed by atoms with Crippen molar-refractivity contribution >= 4 is 11.6 Å². The van der Waals surface area contributed by atoms with Crippen LogP contribution in [0.15, 0.2) is 36.4 Å². The van der Waals surface area contributed by atoms with Gasteiger partial charge in [-0.25, -0.2) is 4.39 Å². The molecule has 0 radical (unpaired) electrons. The van der Waals surface area contributed by atoms with Gasteiger partial charge in [-0.15, -0.1) is 0 Å². The maximum absolute atomic E-state index is 13.6. The Labute approximate surface area is 103 Å². The fraction of sp³-hybridized carbons (Fsp3) is 0.0769. The van der Waals surface area contributed by atoms with Crippen LogP contribution in [-0.4, -0.2) is 4.98 Å². The molecule has 0 fully saturated rings. The average molecular weight is 247 g/mol. The number of hydrogen-bond acceptors (Lipinski definition) is 2. The standard InChI is InChI=1S/C13H8ClFN2/c14-10-5-6-12(17-13(10)7-8-16)9-3-1-2-4-11(9)15/h1-6H,7H2. The van der Waals surface area contributed by atoms with Crippen LogP contribution in [-0.2, 0) is 6.42 Å². The molecular formula is C13H8ClFN2. The van der Waals surface area contributed by atoms with Crippen molar-refractivity contribution in [2.75, 3.05) is 0 Å². The zero-order chi connectivity index (χ0) is 12.3. The summed E-state index contributed by atoms with van der Waals surface area (Å²) in [4.78, 5) is 4.20. The highest BCUT2D eigenvalue weighted by Gasteiger charge is 2.08. The molecule has 0 unspecified atom stereocenters. The van der Waals surface area contributed by atoms with Gasteiger partial charge in [-0.05, 0) is 24.3 Å². The normalized spacial score (nSPS) is 9.94. The van der Waals surface area contributed by atoms with Crippen LogP contribution in [0.4, 0.5) is 4.39 Å². The molecule has 0 aliphatic carbocycles. The third-order valence-electron chi connectivity index (χ3n) is 2.31. The molecule has 0 aliphatic rings. The summed E-state index contributed by atoms with van der Waals surface area (Å²) in [7, 11) is 0. The molecule has 1 aromatic heterocycles. The van der Waals surface area contributed by atoms with Crippen LogP contribution in [0, 0.1) is 17.1 Å². The lowest BCUT2D eigenvalue weighted by Crippen LogP contribution is -1.94. The predicted molar refractivity (Wildman–Crippen MR) is 64.0 cm³/mol. The summed E-state index contributed by atoms with van der Waals surface area (Å²) in [6.45, 7) is 0. The third kappa shape index (κ3) is 2.43. The molecule has 0 N–H and O–H groups in total. The molecule has 4 heteroatoms. The summed E-state index contributed by atoms with van der Waals surface area (Å²) in [5, 5.41) is 9.06. The van der Waals surface area contributed by atoms with Gasteiger partial charge >= 0.3 is 0 Å². The molecule has 0 atom stereocenters. The smallest absolute Gasteiger partial charge is 0.132 e. The van der Waals surface area contributed by atoms with E-state index in [0.717, 1.165) is 0 Å². The number of halogens is 2. The summed E-state index contributed by atoms with van der Waals surface area (Å²) in [6.07, 6.45) is 0.112. The number of hydrogen-bond donors (Lipinski definition) is 0. The lowest BCUT2D eigenvalue weighted by atomic mass is 10.1. The van der Waals surface area contributed by atoms with E-state index in [1.165, 1.54) is 6.07 Å². The van der Waals surface area contributed by atoms with Crippen LogP contribution >= 0.6 is 11.6 Å². The van der Waals surface area contributed by atoms with E-state index >= 15 is 0 Å². The first-order chi connectivity index (χ1) is 8.22. The molecule has 17 heavy (non-hydrogen) atoms. The molecule has 1 heterocycles. The Morgan fingerprint density at radius 3 is 2.71 bits per heavy atom. The summed E-state index contributed by atoms with van der Waals surface area (Å²) in [5.74, 6) is -0.342. The first-order valence-corrected chi connectivity index (χ1v) is 5.37. The highest BCUT2D eigenvalue weighted by Crippen LogP contribution is 2.24. The van der Waals surface area contributed by atoms with Gasteiger partial charge in [0.1, 0.15) is 5.82 Å². The minimum atomic E-state index is -0.342. The van der Waals surface area contributed by atoms with Gasteiger partial charge in [0.25, 0.3) is 0 Å². The van der Waals surface area contributed by atoms with Gasteiger partial charge in [-0.2, -0.15) is 5.26 Å². The topological polar surface area (TPSA) is 36.7 Å². The molecular weight excluding hydrogens is 239 g/mol. The van der Waals surface area contributed by atoms with Crippen LogP contribution in [0.25, 0.3) is 11.3 Å². The molecule has 84 valence electrons. The molecule has 0 aliphatic heterocycles. The van der Waals surface area contributed by atoms with Gasteiger partial charge in [0.05, 0.1) is 28.9 Å². The van der Waals surface area contributed by atoms with Gasteiger partial charge in [0.2, 0.25) is 0 Å². The molecule has 0 bridgehead atoms. The van der Waals surface area contributed by atoms with Crippen molar-refractivity contribution in [3.63, 3.8) is 0 Å². The summed E-state index contributed by atoms with van der Waals surface area (Å²) in [6, 6.07) is 11.6. The van der Waals surface area contributed by atoms with E-state index in [9.17, 15) is 4.39 Å². The Kier molecular flexibility index (Phi) is 3.36. The number of nitrogens with zero attached hydrogens (tertiary/aromatic N) is 2. The van der Waals surface area contributed by atoms with Gasteiger partial charge < -0.3 is 0 Å². The minimum Gasteiger partial charge on any atom is -0.250 e. The molecule has 0 spiro atoms. The van der Waals surface area contributed by atoms with Crippen molar-refractivity contribution in [2.24, 2.45) is 0 Å². The Bertz CT molecular complexity index is 590. The van der Waals surface area contributed by atoms with Crippen molar-refractivity contribution in [2.45, 2.75) is 6.42 Å². The number of rotatable bonds is 2. The van der Waals surface area contributed by atoms with E-state index < -0.39 is 0 Å². The van der Waals surface area contributed by atoms with E-state index in [4.69, 9.17) is 16.9 Å². The summed E-state index contributed by atoms with van der Waals surface area (Å²) in [5.41, 5.74) is 1.36. The first-order valence-electron chi connectivity index (χ1n) is 4.99. The van der Waals surface area contributed by atoms with Gasteiger partial charge in [0.15, 0.2) is 0 Å². The second-order valence-electron chi connectivity index (χ2n) is 3.44. The molecule has 2 aromatic rings. The summed E-state index contributed by atoms with van der Waals surface area (Å²) >= 11 is 5.89. The zero-order valence-corrected chi connectivity index (χ0v) is 9.58. The van der Waals surface area contributed by atoms with E-state index in [2.05, 4.69) is 4.98 Å². The van der Waals surface area contributed by atoms with Gasteiger partial charge in [-0.3, -0.25) is 4.98 Å². The van der Waals surface area contributed by atoms with Crippen LogP contribution in [0.5, 0.6) is 0 Å². The Hall–Kier alpha value is -1.92. The maximum Gasteiger partial charge on any atom is 0.132 e. The largest absolute Gasteiger partial charge is 0.250 e. The highest BCUT2D eigenvalue weighted by atomic mass is 35.5. The van der Waals surface area contributed by atoms with Crippen LogP contribution in [0.1, 0.15) is 5.69 Å². The molecule has 2 nitrogen and oxygen atoms in total. The van der Waals surface area contributed by atoms with E-state index in [-0.39, 0.29) is 12.2 Å². The molecule has 2 rings (SSSR count). The Balaban J connectivity index is 2.51. The number of nitriles is 1. The fourth-order valence-electron chi connectivity index (χ4n) is 1.50. The van der Waals surface area contributed by atoms with Crippen molar-refractivity contribution < 1.29 is 4.39 Å². The van der Waals surface area contributed by atoms with E-state index in [0.29, 0.717) is 22.0 Å². The van der Waals surface area contributed by atoms with E-state index in [1.54, 1.807) is 30.3 Å². The lowest BCUT2D eigenvalue weighted by Gasteiger charge is -2.05. The van der Waals surface area contributed by atoms with Gasteiger partial charge in [0, 0.05) is 5.56 Å². The quantitative estimate of drug-likeness (QED) is 0.812. The zero-order valence-electron chi connectivity index (χ0n) is 8.82. The van der Waals surface area contributed by atoms with E-state index in [1.807, 2.05) is 6.07 Å². The second kappa shape index (κ2) is 4.94. The number of pyridine rings is 1. The highest BCUT2D eigenvalue weighted by molar-refractivity contribution is 6.31. The lowest BCUT2D eigenvalue weighted by molar-refractivity contribution is 0.630. The van der Waals surface area contributed by atoms with Crippen LogP contribution in [0.2, 0.25) is 5.02 Å². The van der Waals surface area contributed by atoms with Crippen molar-refractivity contribution in [1.82, 2.24) is 4.98 Å². The number of benzene rings is 1. The Morgan fingerprint density at radius 1 is 1.24 bits per heavy atom. The van der Waals surface area contributed by atoms with Gasteiger partial charge in [-0.1, -0.05) is 23.7 Å². The monoisotopic (exact) mass is 246 g/mol. The predicted octanol–water partition coefficient (Wildman–Crippen LogP) is 3.61. The fourth-order valence-corrected chi connectivity index (χ4v) is 1.67. The van der Waals surface area contributed by atoms with Crippen LogP contribution < -0.4 is 0 Å². The molecule has 0 saturated carbocycles. The van der Waals surface area contributed by atoms with Crippen LogP contribution in [0.3, 0.4) is 0 Å².